The van der Waals surface area contributed by atoms with Crippen LogP contribution in [0.15, 0.2) is 23.3 Å². The Kier molecular flexibility index (Phi) is 7.43. The number of fused-ring (bicyclic) bond motifs is 5. The zero-order valence-electron chi connectivity index (χ0n) is 24.1. The molecule has 6 nitrogen and oxygen atoms in total. The molecule has 7 atom stereocenters. The number of Topliss-reactive ketones (excluding diaryl/α,β-unsaturated/α-hetero) is 1. The number of ketones is 1. The third-order valence-corrected chi connectivity index (χ3v) is 11.3. The summed E-state index contributed by atoms with van der Waals surface area (Å²) in [5.74, 6) is 0.690. The van der Waals surface area contributed by atoms with Crippen LogP contribution in [0.2, 0.25) is 0 Å². The SMILES string of the molecule is CC(=O)O[C@@]1(C(C)=O)CCC2[C@H]3C=C(C)C4=CC(OC(=O)CCN5CCCCC5)CC[C@@]4(C)C3CC[C@]21C. The second-order valence-corrected chi connectivity index (χ2v) is 13.3. The summed E-state index contributed by atoms with van der Waals surface area (Å²) in [7, 11) is 0. The maximum absolute atomic E-state index is 13.0. The molecular weight excluding hydrogens is 478 g/mol. The molecule has 1 saturated heterocycles. The minimum absolute atomic E-state index is 0.0120. The van der Waals surface area contributed by atoms with Crippen molar-refractivity contribution in [3.05, 3.63) is 23.3 Å². The van der Waals surface area contributed by atoms with Gasteiger partial charge in [0.05, 0.1) is 6.42 Å². The molecule has 1 heterocycles. The smallest absolute Gasteiger partial charge is 0.307 e. The van der Waals surface area contributed by atoms with E-state index in [-0.39, 0.29) is 34.7 Å². The summed E-state index contributed by atoms with van der Waals surface area (Å²) in [5.41, 5.74) is 1.30. The van der Waals surface area contributed by atoms with Gasteiger partial charge in [-0.05, 0) is 113 Å². The molecule has 6 heteroatoms. The Bertz CT molecular complexity index is 1040. The highest BCUT2D eigenvalue weighted by molar-refractivity contribution is 5.89. The normalized spacial score (nSPS) is 40.7. The minimum Gasteiger partial charge on any atom is -0.458 e. The highest BCUT2D eigenvalue weighted by Gasteiger charge is 2.67. The van der Waals surface area contributed by atoms with Gasteiger partial charge in [0.15, 0.2) is 11.4 Å². The van der Waals surface area contributed by atoms with E-state index in [1.807, 2.05) is 0 Å². The molecule has 5 aliphatic rings. The summed E-state index contributed by atoms with van der Waals surface area (Å²) < 4.78 is 11.9. The number of rotatable bonds is 6. The Morgan fingerprint density at radius 3 is 2.34 bits per heavy atom. The van der Waals surface area contributed by atoms with Crippen molar-refractivity contribution in [2.45, 2.75) is 111 Å². The monoisotopic (exact) mass is 525 g/mol. The van der Waals surface area contributed by atoms with Gasteiger partial charge in [-0.3, -0.25) is 14.4 Å². The number of likely N-dealkylation sites (tertiary alicyclic amines) is 1. The number of carbonyl (C=O) groups is 3. The molecule has 5 rings (SSSR count). The summed E-state index contributed by atoms with van der Waals surface area (Å²) in [5, 5.41) is 0. The summed E-state index contributed by atoms with van der Waals surface area (Å²) in [4.78, 5) is 40.2. The van der Waals surface area contributed by atoms with Gasteiger partial charge in [0.1, 0.15) is 6.10 Å². The van der Waals surface area contributed by atoms with Crippen molar-refractivity contribution >= 4 is 17.7 Å². The van der Waals surface area contributed by atoms with Gasteiger partial charge < -0.3 is 14.4 Å². The van der Waals surface area contributed by atoms with Gasteiger partial charge in [-0.1, -0.05) is 31.9 Å². The van der Waals surface area contributed by atoms with E-state index >= 15 is 0 Å². The maximum Gasteiger partial charge on any atom is 0.307 e. The van der Waals surface area contributed by atoms with Crippen molar-refractivity contribution in [3.63, 3.8) is 0 Å². The third kappa shape index (κ3) is 4.49. The zero-order valence-corrected chi connectivity index (χ0v) is 24.1. The standard InChI is InChI=1S/C32H47NO5/c1-21-19-25-26(10-14-31(5)27(25)11-15-32(31,22(2)34)38-23(3)35)30(4)13-9-24(20-28(21)30)37-29(36)12-18-33-16-7-6-8-17-33/h19-20,24-27H,6-18H2,1-5H3/t24?,25-,26?,27?,30-,31+,32+/m0/s1. The van der Waals surface area contributed by atoms with E-state index < -0.39 is 5.60 Å². The minimum atomic E-state index is -1.01. The summed E-state index contributed by atoms with van der Waals surface area (Å²) in [6, 6.07) is 0. The first-order valence-corrected chi connectivity index (χ1v) is 15.0. The highest BCUT2D eigenvalue weighted by atomic mass is 16.6. The lowest BCUT2D eigenvalue weighted by Gasteiger charge is -2.58. The molecule has 0 bridgehead atoms. The molecule has 38 heavy (non-hydrogen) atoms. The molecule has 0 radical (unpaired) electrons. The fourth-order valence-electron chi connectivity index (χ4n) is 9.37. The predicted octanol–water partition coefficient (Wildman–Crippen LogP) is 5.79. The number of carbonyl (C=O) groups excluding carboxylic acids is 3. The Hall–Kier alpha value is -1.95. The fraction of sp³-hybridized carbons (Fsp3) is 0.781. The lowest BCUT2D eigenvalue weighted by atomic mass is 9.47. The van der Waals surface area contributed by atoms with E-state index in [0.29, 0.717) is 30.6 Å². The Balaban J connectivity index is 1.34. The van der Waals surface area contributed by atoms with Crippen molar-refractivity contribution in [1.29, 1.82) is 0 Å². The second-order valence-electron chi connectivity index (χ2n) is 13.3. The quantitative estimate of drug-likeness (QED) is 0.409. The molecule has 0 spiro atoms. The van der Waals surface area contributed by atoms with Crippen LogP contribution in [0.3, 0.4) is 0 Å². The van der Waals surface area contributed by atoms with Gasteiger partial charge >= 0.3 is 11.9 Å². The fourth-order valence-corrected chi connectivity index (χ4v) is 9.37. The molecule has 0 aromatic rings. The molecule has 2 saturated carbocycles. The van der Waals surface area contributed by atoms with Crippen molar-refractivity contribution in [2.24, 2.45) is 28.6 Å². The molecule has 0 amide bonds. The Labute approximate surface area is 228 Å². The van der Waals surface area contributed by atoms with Crippen LogP contribution in [-0.4, -0.2) is 54.0 Å². The van der Waals surface area contributed by atoms with E-state index in [2.05, 4.69) is 37.8 Å². The molecule has 4 aliphatic carbocycles. The number of allylic oxidation sites excluding steroid dienone is 3. The summed E-state index contributed by atoms with van der Waals surface area (Å²) in [6.45, 7) is 12.8. The van der Waals surface area contributed by atoms with Gasteiger partial charge in [-0.2, -0.15) is 0 Å². The summed E-state index contributed by atoms with van der Waals surface area (Å²) >= 11 is 0. The van der Waals surface area contributed by atoms with Crippen molar-refractivity contribution in [3.8, 4) is 0 Å². The molecule has 0 N–H and O–H groups in total. The first kappa shape index (κ1) is 27.6. The van der Waals surface area contributed by atoms with Crippen molar-refractivity contribution in [1.82, 2.24) is 4.90 Å². The topological polar surface area (TPSA) is 72.9 Å². The molecular formula is C32H47NO5. The van der Waals surface area contributed by atoms with Crippen LogP contribution >= 0.6 is 0 Å². The van der Waals surface area contributed by atoms with Gasteiger partial charge in [-0.15, -0.1) is 0 Å². The van der Waals surface area contributed by atoms with Gasteiger partial charge in [-0.25, -0.2) is 0 Å². The molecule has 0 aromatic heterocycles. The van der Waals surface area contributed by atoms with Crippen LogP contribution < -0.4 is 0 Å². The van der Waals surface area contributed by atoms with E-state index in [1.54, 1.807) is 6.92 Å². The van der Waals surface area contributed by atoms with Crippen LogP contribution in [0.25, 0.3) is 0 Å². The van der Waals surface area contributed by atoms with Crippen LogP contribution in [0, 0.1) is 28.6 Å². The first-order chi connectivity index (χ1) is 18.0. The average molecular weight is 526 g/mol. The molecule has 3 unspecified atom stereocenters. The van der Waals surface area contributed by atoms with Crippen LogP contribution in [-0.2, 0) is 23.9 Å². The predicted molar refractivity (Wildman–Crippen MR) is 146 cm³/mol. The number of esters is 2. The molecule has 1 aliphatic heterocycles. The molecule has 3 fully saturated rings. The third-order valence-electron chi connectivity index (χ3n) is 11.3. The van der Waals surface area contributed by atoms with E-state index in [4.69, 9.17) is 9.47 Å². The van der Waals surface area contributed by atoms with Gasteiger partial charge in [0.25, 0.3) is 0 Å². The van der Waals surface area contributed by atoms with E-state index in [1.165, 1.54) is 37.3 Å². The zero-order chi connectivity index (χ0) is 27.3. The Morgan fingerprint density at radius 2 is 1.66 bits per heavy atom. The number of nitrogens with zero attached hydrogens (tertiary/aromatic N) is 1. The van der Waals surface area contributed by atoms with Crippen LogP contribution in [0.5, 0.6) is 0 Å². The molecule has 210 valence electrons. The van der Waals surface area contributed by atoms with Crippen molar-refractivity contribution in [2.75, 3.05) is 19.6 Å². The van der Waals surface area contributed by atoms with Gasteiger partial charge in [0.2, 0.25) is 0 Å². The number of hydrogen-bond acceptors (Lipinski definition) is 6. The maximum atomic E-state index is 13.0. The average Bonchev–Trinajstić information content (AvgIpc) is 3.17. The van der Waals surface area contributed by atoms with Crippen molar-refractivity contribution < 1.29 is 23.9 Å². The first-order valence-electron chi connectivity index (χ1n) is 15.0. The lowest BCUT2D eigenvalue weighted by molar-refractivity contribution is -0.185. The molecule has 0 aromatic carbocycles. The largest absolute Gasteiger partial charge is 0.458 e. The number of ether oxygens (including phenoxy) is 2. The number of hydrogen-bond donors (Lipinski definition) is 0. The lowest BCUT2D eigenvalue weighted by Crippen LogP contribution is -2.58. The second kappa shape index (κ2) is 10.2. The van der Waals surface area contributed by atoms with E-state index in [9.17, 15) is 14.4 Å². The van der Waals surface area contributed by atoms with Crippen LogP contribution in [0.1, 0.15) is 98.8 Å². The number of piperidine rings is 1. The Morgan fingerprint density at radius 1 is 0.947 bits per heavy atom. The summed E-state index contributed by atoms with van der Waals surface area (Å²) in [6.07, 6.45) is 14.0. The van der Waals surface area contributed by atoms with E-state index in [0.717, 1.165) is 51.7 Å². The van der Waals surface area contributed by atoms with Gasteiger partial charge in [0, 0.05) is 18.9 Å². The van der Waals surface area contributed by atoms with Crippen LogP contribution in [0.4, 0.5) is 0 Å². The highest BCUT2D eigenvalue weighted by Crippen LogP contribution is 2.68.